The molecule has 1 aliphatic rings. The van der Waals surface area contributed by atoms with Crippen LogP contribution in [0.1, 0.15) is 38.2 Å². The number of benzene rings is 1. The normalized spacial score (nSPS) is 18.8. The summed E-state index contributed by atoms with van der Waals surface area (Å²) >= 11 is 0. The van der Waals surface area contributed by atoms with Crippen LogP contribution in [-0.4, -0.2) is 48.6 Å². The Labute approximate surface area is 130 Å². The van der Waals surface area contributed by atoms with E-state index >= 15 is 0 Å². The molecule has 1 aromatic carbocycles. The Hall–Kier alpha value is -0.900. The van der Waals surface area contributed by atoms with E-state index in [0.29, 0.717) is 6.04 Å². The Morgan fingerprint density at radius 1 is 1.05 bits per heavy atom. The molecule has 0 spiro atoms. The third-order valence-corrected chi connectivity index (χ3v) is 4.59. The van der Waals surface area contributed by atoms with Crippen molar-refractivity contribution in [1.29, 1.82) is 0 Å². The Morgan fingerprint density at radius 2 is 1.76 bits per heavy atom. The lowest BCUT2D eigenvalue weighted by molar-refractivity contribution is 0.0897. The van der Waals surface area contributed by atoms with E-state index in [-0.39, 0.29) is 0 Å². The van der Waals surface area contributed by atoms with Gasteiger partial charge in [-0.15, -0.1) is 0 Å². The van der Waals surface area contributed by atoms with E-state index in [4.69, 9.17) is 5.73 Å². The molecular weight excluding hydrogens is 258 g/mol. The highest BCUT2D eigenvalue weighted by Crippen LogP contribution is 2.14. The van der Waals surface area contributed by atoms with Gasteiger partial charge in [-0.2, -0.15) is 0 Å². The van der Waals surface area contributed by atoms with Gasteiger partial charge in [-0.05, 0) is 12.0 Å². The van der Waals surface area contributed by atoms with Crippen molar-refractivity contribution in [1.82, 2.24) is 9.80 Å². The van der Waals surface area contributed by atoms with Crippen LogP contribution in [0.2, 0.25) is 0 Å². The first kappa shape index (κ1) is 16.5. The van der Waals surface area contributed by atoms with Crippen molar-refractivity contribution in [2.45, 2.75) is 45.2 Å². The zero-order valence-electron chi connectivity index (χ0n) is 13.5. The molecule has 1 fully saturated rings. The predicted octanol–water partition coefficient (Wildman–Crippen LogP) is 2.71. The fraction of sp³-hybridized carbons (Fsp3) is 0.667. The van der Waals surface area contributed by atoms with Gasteiger partial charge < -0.3 is 5.73 Å². The van der Waals surface area contributed by atoms with Crippen molar-refractivity contribution < 1.29 is 0 Å². The Kier molecular flexibility index (Phi) is 7.20. The molecule has 0 radical (unpaired) electrons. The summed E-state index contributed by atoms with van der Waals surface area (Å²) in [6.45, 7) is 8.82. The molecule has 118 valence electrons. The molecule has 21 heavy (non-hydrogen) atoms. The highest BCUT2D eigenvalue weighted by molar-refractivity contribution is 5.14. The molecule has 0 saturated carbocycles. The second-order valence-corrected chi connectivity index (χ2v) is 6.18. The van der Waals surface area contributed by atoms with Gasteiger partial charge >= 0.3 is 0 Å². The van der Waals surface area contributed by atoms with Crippen molar-refractivity contribution in [3.05, 3.63) is 35.9 Å². The summed E-state index contributed by atoms with van der Waals surface area (Å²) in [5.74, 6) is 0. The van der Waals surface area contributed by atoms with E-state index in [1.165, 1.54) is 57.4 Å². The van der Waals surface area contributed by atoms with Gasteiger partial charge in [0.25, 0.3) is 0 Å². The highest BCUT2D eigenvalue weighted by Gasteiger charge is 2.22. The molecule has 0 aromatic heterocycles. The van der Waals surface area contributed by atoms with Crippen LogP contribution in [0.5, 0.6) is 0 Å². The minimum atomic E-state index is 0.593. The van der Waals surface area contributed by atoms with E-state index in [1.54, 1.807) is 0 Å². The summed E-state index contributed by atoms with van der Waals surface area (Å²) in [7, 11) is 0. The maximum absolute atomic E-state index is 5.99. The average molecular weight is 289 g/mol. The second kappa shape index (κ2) is 9.19. The smallest absolute Gasteiger partial charge is 0.0234 e. The Morgan fingerprint density at radius 3 is 2.38 bits per heavy atom. The molecule has 2 rings (SSSR count). The van der Waals surface area contributed by atoms with Crippen LogP contribution in [0.4, 0.5) is 0 Å². The van der Waals surface area contributed by atoms with Gasteiger partial charge in [0.05, 0.1) is 0 Å². The van der Waals surface area contributed by atoms with Crippen LogP contribution in [0.3, 0.4) is 0 Å². The summed E-state index contributed by atoms with van der Waals surface area (Å²) < 4.78 is 0. The molecule has 0 aliphatic carbocycles. The van der Waals surface area contributed by atoms with E-state index in [9.17, 15) is 0 Å². The van der Waals surface area contributed by atoms with E-state index in [1.807, 2.05) is 0 Å². The molecular formula is C18H31N3. The molecule has 1 unspecified atom stereocenters. The zero-order valence-corrected chi connectivity index (χ0v) is 13.5. The van der Waals surface area contributed by atoms with Crippen molar-refractivity contribution in [2.24, 2.45) is 5.73 Å². The number of nitrogens with two attached hydrogens (primary N) is 1. The fourth-order valence-corrected chi connectivity index (χ4v) is 3.21. The van der Waals surface area contributed by atoms with Crippen molar-refractivity contribution in [3.63, 3.8) is 0 Å². The SMILES string of the molecule is CCCCCC(CN)N1CCN(Cc2ccccc2)CC1. The molecule has 3 nitrogen and oxygen atoms in total. The first-order valence-electron chi connectivity index (χ1n) is 8.54. The van der Waals surface area contributed by atoms with Gasteiger partial charge in [-0.1, -0.05) is 56.5 Å². The lowest BCUT2D eigenvalue weighted by Crippen LogP contribution is -2.52. The maximum Gasteiger partial charge on any atom is 0.0234 e. The lowest BCUT2D eigenvalue weighted by atomic mass is 10.1. The van der Waals surface area contributed by atoms with Gasteiger partial charge in [-0.3, -0.25) is 9.80 Å². The summed E-state index contributed by atoms with van der Waals surface area (Å²) in [5, 5.41) is 0. The van der Waals surface area contributed by atoms with Crippen LogP contribution in [0, 0.1) is 0 Å². The molecule has 1 heterocycles. The monoisotopic (exact) mass is 289 g/mol. The summed E-state index contributed by atoms with van der Waals surface area (Å²) in [6, 6.07) is 11.4. The molecule has 3 heteroatoms. The Bertz CT molecular complexity index is 371. The third kappa shape index (κ3) is 5.42. The van der Waals surface area contributed by atoms with E-state index < -0.39 is 0 Å². The number of unbranched alkanes of at least 4 members (excludes halogenated alkanes) is 2. The largest absolute Gasteiger partial charge is 0.329 e. The molecule has 1 aromatic rings. The third-order valence-electron chi connectivity index (χ3n) is 4.59. The molecule has 2 N–H and O–H groups in total. The maximum atomic E-state index is 5.99. The summed E-state index contributed by atoms with van der Waals surface area (Å²) in [4.78, 5) is 5.17. The van der Waals surface area contributed by atoms with Gasteiger partial charge in [-0.25, -0.2) is 0 Å². The summed E-state index contributed by atoms with van der Waals surface area (Å²) in [5.41, 5.74) is 7.41. The minimum Gasteiger partial charge on any atom is -0.329 e. The first-order valence-corrected chi connectivity index (χ1v) is 8.54. The molecule has 1 aliphatic heterocycles. The number of nitrogens with zero attached hydrogens (tertiary/aromatic N) is 2. The van der Waals surface area contributed by atoms with Crippen molar-refractivity contribution in [3.8, 4) is 0 Å². The van der Waals surface area contributed by atoms with Crippen molar-refractivity contribution >= 4 is 0 Å². The predicted molar refractivity (Wildman–Crippen MR) is 90.3 cm³/mol. The molecule has 1 saturated heterocycles. The number of piperazine rings is 1. The highest BCUT2D eigenvalue weighted by atomic mass is 15.3. The number of hydrogen-bond donors (Lipinski definition) is 1. The molecule has 0 amide bonds. The van der Waals surface area contributed by atoms with Crippen LogP contribution < -0.4 is 5.73 Å². The van der Waals surface area contributed by atoms with Gasteiger partial charge in [0, 0.05) is 45.3 Å². The first-order chi connectivity index (χ1) is 10.3. The van der Waals surface area contributed by atoms with Crippen LogP contribution in [-0.2, 0) is 6.54 Å². The average Bonchev–Trinajstić information content (AvgIpc) is 2.54. The minimum absolute atomic E-state index is 0.593. The summed E-state index contributed by atoms with van der Waals surface area (Å²) in [6.07, 6.45) is 5.22. The number of rotatable bonds is 8. The van der Waals surface area contributed by atoms with Crippen molar-refractivity contribution in [2.75, 3.05) is 32.7 Å². The quantitative estimate of drug-likeness (QED) is 0.747. The Balaban J connectivity index is 1.74. The molecule has 0 bridgehead atoms. The fourth-order valence-electron chi connectivity index (χ4n) is 3.21. The van der Waals surface area contributed by atoms with Gasteiger partial charge in [0.2, 0.25) is 0 Å². The zero-order chi connectivity index (χ0) is 14.9. The molecule has 1 atom stereocenters. The van der Waals surface area contributed by atoms with E-state index in [0.717, 1.165) is 13.1 Å². The second-order valence-electron chi connectivity index (χ2n) is 6.18. The number of hydrogen-bond acceptors (Lipinski definition) is 3. The van der Waals surface area contributed by atoms with Gasteiger partial charge in [0.15, 0.2) is 0 Å². The standard InChI is InChI=1S/C18H31N3/c1-2-3-5-10-18(15-19)21-13-11-20(12-14-21)16-17-8-6-4-7-9-17/h4,6-9,18H,2-3,5,10-16,19H2,1H3. The van der Waals surface area contributed by atoms with Gasteiger partial charge in [0.1, 0.15) is 0 Å². The lowest BCUT2D eigenvalue weighted by Gasteiger charge is -2.39. The van der Waals surface area contributed by atoms with E-state index in [2.05, 4.69) is 47.1 Å². The van der Waals surface area contributed by atoms with Crippen LogP contribution in [0.25, 0.3) is 0 Å². The van der Waals surface area contributed by atoms with Crippen LogP contribution in [0.15, 0.2) is 30.3 Å². The topological polar surface area (TPSA) is 32.5 Å². The van der Waals surface area contributed by atoms with Crippen LogP contribution >= 0.6 is 0 Å².